The maximum atomic E-state index is 13.7. The van der Waals surface area contributed by atoms with Gasteiger partial charge in [-0.05, 0) is 41.6 Å². The summed E-state index contributed by atoms with van der Waals surface area (Å²) in [5, 5.41) is 4.81. The Morgan fingerprint density at radius 2 is 2.11 bits per heavy atom. The van der Waals surface area contributed by atoms with Crippen molar-refractivity contribution in [3.05, 3.63) is 52.0 Å². The Bertz CT molecular complexity index is 840. The van der Waals surface area contributed by atoms with Crippen molar-refractivity contribution in [1.29, 1.82) is 0 Å². The zero-order valence-electron chi connectivity index (χ0n) is 15.0. The van der Waals surface area contributed by atoms with Crippen LogP contribution in [-0.4, -0.2) is 47.8 Å². The number of anilines is 1. The van der Waals surface area contributed by atoms with Gasteiger partial charge in [-0.15, -0.1) is 11.3 Å². The number of halogens is 1. The molecule has 1 aromatic carbocycles. The largest absolute Gasteiger partial charge is 0.341 e. The molecular weight excluding hydrogens is 365 g/mol. The van der Waals surface area contributed by atoms with Gasteiger partial charge in [0.25, 0.3) is 0 Å². The lowest BCUT2D eigenvalue weighted by Crippen LogP contribution is -2.40. The van der Waals surface area contributed by atoms with Gasteiger partial charge < -0.3 is 10.2 Å². The van der Waals surface area contributed by atoms with Crippen molar-refractivity contribution in [2.75, 3.05) is 31.5 Å². The van der Waals surface area contributed by atoms with Crippen LogP contribution in [0.3, 0.4) is 0 Å². The Morgan fingerprint density at radius 1 is 1.22 bits per heavy atom. The molecule has 2 aliphatic heterocycles. The quantitative estimate of drug-likeness (QED) is 0.881. The van der Waals surface area contributed by atoms with Gasteiger partial charge in [0, 0.05) is 49.7 Å². The highest BCUT2D eigenvalue weighted by molar-refractivity contribution is 7.09. The zero-order chi connectivity index (χ0) is 18.8. The first-order valence-electron chi connectivity index (χ1n) is 9.23. The van der Waals surface area contributed by atoms with E-state index in [0.717, 1.165) is 26.1 Å². The molecule has 2 aliphatic rings. The average molecular weight is 387 g/mol. The molecule has 142 valence electrons. The van der Waals surface area contributed by atoms with Crippen LogP contribution in [0.1, 0.15) is 29.2 Å². The summed E-state index contributed by atoms with van der Waals surface area (Å²) in [7, 11) is 0. The van der Waals surface area contributed by atoms with E-state index in [1.165, 1.54) is 23.1 Å². The van der Waals surface area contributed by atoms with Crippen LogP contribution < -0.4 is 5.32 Å². The van der Waals surface area contributed by atoms with Gasteiger partial charge >= 0.3 is 0 Å². The van der Waals surface area contributed by atoms with Gasteiger partial charge in [-0.1, -0.05) is 6.07 Å². The van der Waals surface area contributed by atoms with E-state index in [4.69, 9.17) is 0 Å². The molecule has 5 nitrogen and oxygen atoms in total. The van der Waals surface area contributed by atoms with Crippen LogP contribution in [-0.2, 0) is 16.1 Å². The van der Waals surface area contributed by atoms with E-state index in [0.29, 0.717) is 24.3 Å². The van der Waals surface area contributed by atoms with Crippen LogP contribution in [0.15, 0.2) is 35.7 Å². The lowest BCUT2D eigenvalue weighted by Gasteiger charge is -2.30. The number of thiophene rings is 1. The number of nitrogens with zero attached hydrogens (tertiary/aromatic N) is 2. The minimum Gasteiger partial charge on any atom is -0.341 e. The summed E-state index contributed by atoms with van der Waals surface area (Å²) in [6, 6.07) is 8.40. The van der Waals surface area contributed by atoms with Gasteiger partial charge in [0.05, 0.1) is 5.92 Å². The molecule has 1 saturated heterocycles. The Kier molecular flexibility index (Phi) is 5.22. The van der Waals surface area contributed by atoms with Gasteiger partial charge in [-0.25, -0.2) is 4.39 Å². The summed E-state index contributed by atoms with van der Waals surface area (Å²) in [4.78, 5) is 30.7. The highest BCUT2D eigenvalue weighted by atomic mass is 32.1. The van der Waals surface area contributed by atoms with E-state index < -0.39 is 5.92 Å². The van der Waals surface area contributed by atoms with Crippen molar-refractivity contribution in [1.82, 2.24) is 9.80 Å². The summed E-state index contributed by atoms with van der Waals surface area (Å²) < 4.78 is 13.7. The number of fused-ring (bicyclic) bond motifs is 1. The average Bonchev–Trinajstić information content (AvgIpc) is 3.05. The van der Waals surface area contributed by atoms with Crippen LogP contribution in [0.5, 0.6) is 0 Å². The second-order valence-electron chi connectivity index (χ2n) is 7.07. The molecule has 1 aromatic heterocycles. The summed E-state index contributed by atoms with van der Waals surface area (Å²) in [6.07, 6.45) is 0.969. The lowest BCUT2D eigenvalue weighted by molar-refractivity contribution is -0.134. The molecule has 3 heterocycles. The van der Waals surface area contributed by atoms with Crippen molar-refractivity contribution in [2.45, 2.75) is 25.3 Å². The maximum Gasteiger partial charge on any atom is 0.230 e. The van der Waals surface area contributed by atoms with Gasteiger partial charge in [0.2, 0.25) is 11.8 Å². The molecule has 2 aromatic rings. The fraction of sp³-hybridized carbons (Fsp3) is 0.400. The van der Waals surface area contributed by atoms with E-state index in [2.05, 4.69) is 27.7 Å². The van der Waals surface area contributed by atoms with E-state index in [1.807, 2.05) is 4.90 Å². The molecule has 7 heteroatoms. The van der Waals surface area contributed by atoms with Gasteiger partial charge in [0.1, 0.15) is 5.82 Å². The smallest absolute Gasteiger partial charge is 0.230 e. The van der Waals surface area contributed by atoms with Gasteiger partial charge in [-0.3, -0.25) is 14.5 Å². The number of rotatable bonds is 3. The van der Waals surface area contributed by atoms with E-state index in [1.54, 1.807) is 11.3 Å². The third-order valence-electron chi connectivity index (χ3n) is 5.21. The fourth-order valence-corrected chi connectivity index (χ4v) is 4.59. The Labute approximate surface area is 161 Å². The molecule has 1 N–H and O–H groups in total. The topological polar surface area (TPSA) is 52.7 Å². The molecule has 1 atom stereocenters. The third-order valence-corrected chi connectivity index (χ3v) is 6.07. The molecule has 4 rings (SSSR count). The van der Waals surface area contributed by atoms with E-state index >= 15 is 0 Å². The number of hydrogen-bond acceptors (Lipinski definition) is 4. The van der Waals surface area contributed by atoms with Crippen molar-refractivity contribution in [2.24, 2.45) is 0 Å². The van der Waals surface area contributed by atoms with Crippen LogP contribution in [0.25, 0.3) is 0 Å². The fourth-order valence-electron chi connectivity index (χ4n) is 3.85. The van der Waals surface area contributed by atoms with Crippen molar-refractivity contribution in [3.63, 3.8) is 0 Å². The Hall–Kier alpha value is -2.25. The second-order valence-corrected chi connectivity index (χ2v) is 8.10. The first kappa shape index (κ1) is 18.1. The first-order chi connectivity index (χ1) is 13.1. The van der Waals surface area contributed by atoms with Gasteiger partial charge in [-0.2, -0.15) is 0 Å². The predicted octanol–water partition coefficient (Wildman–Crippen LogP) is 3.05. The molecule has 1 unspecified atom stereocenters. The van der Waals surface area contributed by atoms with Crippen LogP contribution in [0.2, 0.25) is 0 Å². The minimum atomic E-state index is -0.603. The Morgan fingerprint density at radius 3 is 2.93 bits per heavy atom. The second kappa shape index (κ2) is 7.78. The first-order valence-corrected chi connectivity index (χ1v) is 10.1. The summed E-state index contributed by atoms with van der Waals surface area (Å²) in [5.74, 6) is -1.26. The molecule has 0 radical (unpaired) electrons. The van der Waals surface area contributed by atoms with Gasteiger partial charge in [0.15, 0.2) is 0 Å². The number of carbonyl (C=O) groups excluding carboxylic acids is 2. The molecule has 0 bridgehead atoms. The monoisotopic (exact) mass is 387 g/mol. The minimum absolute atomic E-state index is 0.0741. The third kappa shape index (κ3) is 4.04. The molecule has 2 amide bonds. The summed E-state index contributed by atoms with van der Waals surface area (Å²) >= 11 is 1.74. The number of hydrogen-bond donors (Lipinski definition) is 1. The van der Waals surface area contributed by atoms with Crippen molar-refractivity contribution in [3.8, 4) is 0 Å². The molecule has 0 spiro atoms. The predicted molar refractivity (Wildman–Crippen MR) is 103 cm³/mol. The number of carbonyl (C=O) groups is 2. The standard InChI is InChI=1S/C20H22FN3O2S/c21-14-4-5-18-16(11-14)17(12-19(25)22-18)20(26)24-7-2-6-23(8-9-24)13-15-3-1-10-27-15/h1,3-5,10-11,17H,2,6-9,12-13H2,(H,22,25). The van der Waals surface area contributed by atoms with Crippen LogP contribution >= 0.6 is 11.3 Å². The summed E-state index contributed by atoms with van der Waals surface area (Å²) in [5.41, 5.74) is 1.12. The highest BCUT2D eigenvalue weighted by Gasteiger charge is 2.34. The number of benzene rings is 1. The lowest BCUT2D eigenvalue weighted by atomic mass is 9.89. The SMILES string of the molecule is O=C1CC(C(=O)N2CCCN(Cc3cccs3)CC2)c2cc(F)ccc2N1. The molecule has 27 heavy (non-hydrogen) atoms. The highest BCUT2D eigenvalue weighted by Crippen LogP contribution is 2.34. The normalized spacial score (nSPS) is 20.7. The molecule has 0 saturated carbocycles. The van der Waals surface area contributed by atoms with Crippen LogP contribution in [0.4, 0.5) is 10.1 Å². The number of amides is 2. The molecule has 1 fully saturated rings. The zero-order valence-corrected chi connectivity index (χ0v) is 15.8. The molecular formula is C20H22FN3O2S. The molecule has 0 aliphatic carbocycles. The van der Waals surface area contributed by atoms with Crippen molar-refractivity contribution < 1.29 is 14.0 Å². The maximum absolute atomic E-state index is 13.7. The number of nitrogens with one attached hydrogen (secondary N) is 1. The van der Waals surface area contributed by atoms with E-state index in [-0.39, 0.29) is 24.1 Å². The van der Waals surface area contributed by atoms with Crippen LogP contribution in [0, 0.1) is 5.82 Å². The van der Waals surface area contributed by atoms with Crippen molar-refractivity contribution >= 4 is 28.8 Å². The van der Waals surface area contributed by atoms with E-state index in [9.17, 15) is 14.0 Å². The summed E-state index contributed by atoms with van der Waals surface area (Å²) in [6.45, 7) is 3.95. The Balaban J connectivity index is 1.47.